The second-order valence-electron chi connectivity index (χ2n) is 7.03. The highest BCUT2D eigenvalue weighted by atomic mass is 79.9. The van der Waals surface area contributed by atoms with E-state index in [1.807, 2.05) is 0 Å². The van der Waals surface area contributed by atoms with Crippen molar-refractivity contribution in [3.8, 4) is 11.4 Å². The van der Waals surface area contributed by atoms with Gasteiger partial charge in [0.2, 0.25) is 0 Å². The van der Waals surface area contributed by atoms with Gasteiger partial charge in [-0.3, -0.25) is 10.1 Å². The lowest BCUT2D eigenvalue weighted by molar-refractivity contribution is -0.384. The van der Waals surface area contributed by atoms with Crippen molar-refractivity contribution < 1.29 is 19.2 Å². The summed E-state index contributed by atoms with van der Waals surface area (Å²) in [5, 5.41) is 15.6. The number of carbonyl (C=O) groups excluding carboxylic acids is 1. The van der Waals surface area contributed by atoms with Crippen LogP contribution in [0.3, 0.4) is 0 Å². The standard InChI is InChI=1S/C16H21BrN4O5Si/c1-25-16(22)12-8-13(15-14(21(23)24)7-11(17)9-18-15)20(19-12)10-26-5-6-27(2,3)4/h7-9H,5-6,10H2,1-4H3. The summed E-state index contributed by atoms with van der Waals surface area (Å²) in [4.78, 5) is 26.9. The molecule has 0 saturated heterocycles. The van der Waals surface area contributed by atoms with Gasteiger partial charge in [-0.05, 0) is 22.0 Å². The zero-order valence-electron chi connectivity index (χ0n) is 15.6. The van der Waals surface area contributed by atoms with Gasteiger partial charge in [0, 0.05) is 37.5 Å². The number of rotatable bonds is 8. The summed E-state index contributed by atoms with van der Waals surface area (Å²) in [5.74, 6) is -0.642. The Balaban J connectivity index is 2.38. The van der Waals surface area contributed by atoms with Crippen molar-refractivity contribution in [2.75, 3.05) is 13.7 Å². The molecule has 11 heteroatoms. The lowest BCUT2D eigenvalue weighted by atomic mass is 10.2. The normalized spacial score (nSPS) is 11.4. The third kappa shape index (κ3) is 5.68. The number of ether oxygens (including phenoxy) is 2. The van der Waals surface area contributed by atoms with Crippen LogP contribution in [0.2, 0.25) is 25.7 Å². The lowest BCUT2D eigenvalue weighted by Crippen LogP contribution is -2.22. The highest BCUT2D eigenvalue weighted by molar-refractivity contribution is 9.10. The summed E-state index contributed by atoms with van der Waals surface area (Å²) >= 11 is 3.18. The van der Waals surface area contributed by atoms with Crippen LogP contribution in [0.4, 0.5) is 5.69 Å². The first kappa shape index (κ1) is 21.2. The van der Waals surface area contributed by atoms with Gasteiger partial charge in [0.15, 0.2) is 11.4 Å². The Bertz CT molecular complexity index is 850. The Labute approximate surface area is 166 Å². The summed E-state index contributed by atoms with van der Waals surface area (Å²) in [5.41, 5.74) is 0.228. The highest BCUT2D eigenvalue weighted by Gasteiger charge is 2.24. The number of carbonyl (C=O) groups is 1. The number of esters is 1. The van der Waals surface area contributed by atoms with Gasteiger partial charge in [-0.1, -0.05) is 19.6 Å². The molecule has 0 saturated carbocycles. The topological polar surface area (TPSA) is 109 Å². The van der Waals surface area contributed by atoms with Crippen LogP contribution >= 0.6 is 15.9 Å². The summed E-state index contributed by atoms with van der Waals surface area (Å²) in [6.45, 7) is 7.30. The average Bonchev–Trinajstić information content (AvgIpc) is 3.01. The van der Waals surface area contributed by atoms with Crippen LogP contribution in [0, 0.1) is 10.1 Å². The number of hydrogen-bond donors (Lipinski definition) is 0. The molecular formula is C16H21BrN4O5Si. The number of aromatic nitrogens is 3. The van der Waals surface area contributed by atoms with Gasteiger partial charge in [-0.2, -0.15) is 5.10 Å². The monoisotopic (exact) mass is 456 g/mol. The number of methoxy groups -OCH3 is 1. The molecule has 0 unspecified atom stereocenters. The minimum atomic E-state index is -1.26. The van der Waals surface area contributed by atoms with Gasteiger partial charge >= 0.3 is 5.97 Å². The van der Waals surface area contributed by atoms with Crippen LogP contribution in [0.5, 0.6) is 0 Å². The zero-order valence-corrected chi connectivity index (χ0v) is 18.1. The van der Waals surface area contributed by atoms with E-state index in [1.54, 1.807) is 0 Å². The Morgan fingerprint density at radius 3 is 2.67 bits per heavy atom. The van der Waals surface area contributed by atoms with Crippen LogP contribution in [-0.4, -0.2) is 47.4 Å². The third-order valence-corrected chi connectivity index (χ3v) is 5.80. The van der Waals surface area contributed by atoms with Crippen LogP contribution < -0.4 is 0 Å². The minimum absolute atomic E-state index is 0.0281. The van der Waals surface area contributed by atoms with Gasteiger partial charge in [0.1, 0.15) is 6.73 Å². The van der Waals surface area contributed by atoms with E-state index in [0.29, 0.717) is 16.8 Å². The maximum Gasteiger partial charge on any atom is 0.358 e. The number of halogens is 1. The van der Waals surface area contributed by atoms with E-state index in [2.05, 4.69) is 45.7 Å². The molecule has 0 amide bonds. The molecule has 9 nitrogen and oxygen atoms in total. The van der Waals surface area contributed by atoms with Crippen LogP contribution in [-0.2, 0) is 16.2 Å². The van der Waals surface area contributed by atoms with Crippen molar-refractivity contribution in [2.45, 2.75) is 32.4 Å². The molecule has 0 bridgehead atoms. The van der Waals surface area contributed by atoms with Crippen molar-refractivity contribution >= 4 is 35.7 Å². The number of nitrogens with zero attached hydrogens (tertiary/aromatic N) is 4. The van der Waals surface area contributed by atoms with Crippen molar-refractivity contribution in [1.82, 2.24) is 14.8 Å². The first-order valence-corrected chi connectivity index (χ1v) is 12.7. The van der Waals surface area contributed by atoms with E-state index >= 15 is 0 Å². The molecule has 27 heavy (non-hydrogen) atoms. The predicted octanol–water partition coefficient (Wildman–Crippen LogP) is 3.71. The Hall–Kier alpha value is -2.11. The second-order valence-corrected chi connectivity index (χ2v) is 13.6. The zero-order chi connectivity index (χ0) is 20.2. The Kier molecular flexibility index (Phi) is 6.84. The predicted molar refractivity (Wildman–Crippen MR) is 105 cm³/mol. The SMILES string of the molecule is COC(=O)c1cc(-c2ncc(Br)cc2[N+](=O)[O-])n(COCC[Si](C)(C)C)n1. The fraction of sp³-hybridized carbons (Fsp3) is 0.438. The van der Waals surface area contributed by atoms with E-state index in [-0.39, 0.29) is 23.8 Å². The summed E-state index contributed by atoms with van der Waals surface area (Å²) < 4.78 is 12.2. The second kappa shape index (κ2) is 8.72. The molecule has 2 heterocycles. The molecular weight excluding hydrogens is 436 g/mol. The molecule has 0 fully saturated rings. The first-order chi connectivity index (χ1) is 12.6. The van der Waals surface area contributed by atoms with E-state index in [4.69, 9.17) is 9.47 Å². The molecule has 0 radical (unpaired) electrons. The molecule has 0 N–H and O–H groups in total. The Morgan fingerprint density at radius 1 is 1.37 bits per heavy atom. The highest BCUT2D eigenvalue weighted by Crippen LogP contribution is 2.30. The Morgan fingerprint density at radius 2 is 2.07 bits per heavy atom. The summed E-state index contributed by atoms with van der Waals surface area (Å²) in [7, 11) is -0.0153. The molecule has 0 aliphatic heterocycles. The maximum absolute atomic E-state index is 11.8. The quantitative estimate of drug-likeness (QED) is 0.195. The maximum atomic E-state index is 11.8. The van der Waals surface area contributed by atoms with Crippen molar-refractivity contribution in [2.24, 2.45) is 0 Å². The van der Waals surface area contributed by atoms with Gasteiger partial charge in [0.05, 0.1) is 17.7 Å². The lowest BCUT2D eigenvalue weighted by Gasteiger charge is -2.15. The average molecular weight is 457 g/mol. The third-order valence-electron chi connectivity index (χ3n) is 3.66. The molecule has 0 atom stereocenters. The van der Waals surface area contributed by atoms with Gasteiger partial charge < -0.3 is 9.47 Å². The van der Waals surface area contributed by atoms with Crippen LogP contribution in [0.25, 0.3) is 11.4 Å². The molecule has 2 aromatic rings. The van der Waals surface area contributed by atoms with Crippen molar-refractivity contribution in [1.29, 1.82) is 0 Å². The van der Waals surface area contributed by atoms with Crippen LogP contribution in [0.1, 0.15) is 10.5 Å². The van der Waals surface area contributed by atoms with E-state index in [0.717, 1.165) is 6.04 Å². The van der Waals surface area contributed by atoms with E-state index in [9.17, 15) is 14.9 Å². The fourth-order valence-corrected chi connectivity index (χ4v) is 3.28. The molecule has 2 rings (SSSR count). The van der Waals surface area contributed by atoms with Gasteiger partial charge in [-0.15, -0.1) is 0 Å². The molecule has 0 spiro atoms. The van der Waals surface area contributed by atoms with E-state index < -0.39 is 19.0 Å². The number of hydrogen-bond acceptors (Lipinski definition) is 7. The molecule has 0 aromatic carbocycles. The molecule has 0 aliphatic carbocycles. The minimum Gasteiger partial charge on any atom is -0.464 e. The number of nitro groups is 1. The van der Waals surface area contributed by atoms with Gasteiger partial charge in [0.25, 0.3) is 5.69 Å². The van der Waals surface area contributed by atoms with Crippen molar-refractivity contribution in [3.05, 3.63) is 38.6 Å². The molecule has 146 valence electrons. The molecule has 2 aromatic heterocycles. The largest absolute Gasteiger partial charge is 0.464 e. The van der Waals surface area contributed by atoms with Crippen LogP contribution in [0.15, 0.2) is 22.8 Å². The summed E-state index contributed by atoms with van der Waals surface area (Å²) in [6, 6.07) is 3.73. The molecule has 0 aliphatic rings. The summed E-state index contributed by atoms with van der Waals surface area (Å²) in [6.07, 6.45) is 1.45. The van der Waals surface area contributed by atoms with Gasteiger partial charge in [-0.25, -0.2) is 14.5 Å². The van der Waals surface area contributed by atoms with Crippen molar-refractivity contribution in [3.63, 3.8) is 0 Å². The van der Waals surface area contributed by atoms with E-state index in [1.165, 1.54) is 30.1 Å². The fourth-order valence-electron chi connectivity index (χ4n) is 2.20. The first-order valence-electron chi connectivity index (χ1n) is 8.16. The number of pyridine rings is 1. The smallest absolute Gasteiger partial charge is 0.358 e.